The molecule has 1 amide bonds. The Bertz CT molecular complexity index is 1000. The number of carbonyl (C=O) groups excluding carboxylic acids is 1. The maximum Gasteiger partial charge on any atom is 0.233 e. The van der Waals surface area contributed by atoms with E-state index in [0.717, 1.165) is 28.8 Å². The van der Waals surface area contributed by atoms with Gasteiger partial charge in [0.1, 0.15) is 11.6 Å². The van der Waals surface area contributed by atoms with Gasteiger partial charge < -0.3 is 14.2 Å². The van der Waals surface area contributed by atoms with Crippen LogP contribution in [0.5, 0.6) is 5.75 Å². The molecule has 1 aromatic heterocycles. The predicted octanol–water partition coefficient (Wildman–Crippen LogP) is 3.96. The lowest BCUT2D eigenvalue weighted by molar-refractivity contribution is -0.127. The molecule has 156 valence electrons. The number of rotatable bonds is 9. The van der Waals surface area contributed by atoms with Gasteiger partial charge in [0.05, 0.1) is 19.4 Å². The Morgan fingerprint density at radius 1 is 1.13 bits per heavy atom. The standard InChI is InChI=1S/C23H26N4O2S/c1-26(14-18-9-6-10-20(13-18)29-2)21(28)16-30-23-25-24-22(19-11-12-19)27(23)15-17-7-4-3-5-8-17/h3-10,13,19H,11-12,14-16H2,1-2H3. The molecule has 0 saturated heterocycles. The van der Waals surface area contributed by atoms with E-state index in [0.29, 0.717) is 18.2 Å². The Morgan fingerprint density at radius 2 is 1.90 bits per heavy atom. The molecule has 30 heavy (non-hydrogen) atoms. The van der Waals surface area contributed by atoms with Crippen molar-refractivity contribution in [1.29, 1.82) is 0 Å². The highest BCUT2D eigenvalue weighted by atomic mass is 32.2. The molecule has 0 aliphatic heterocycles. The number of carbonyl (C=O) groups is 1. The monoisotopic (exact) mass is 422 g/mol. The van der Waals surface area contributed by atoms with Crippen LogP contribution in [0.2, 0.25) is 0 Å². The second kappa shape index (κ2) is 9.34. The maximum atomic E-state index is 12.7. The predicted molar refractivity (Wildman–Crippen MR) is 118 cm³/mol. The first-order valence-corrected chi connectivity index (χ1v) is 11.1. The van der Waals surface area contributed by atoms with E-state index < -0.39 is 0 Å². The highest BCUT2D eigenvalue weighted by Gasteiger charge is 2.30. The number of amides is 1. The second-order valence-electron chi connectivity index (χ2n) is 7.58. The summed E-state index contributed by atoms with van der Waals surface area (Å²) < 4.78 is 7.44. The van der Waals surface area contributed by atoms with Gasteiger partial charge in [0.2, 0.25) is 5.91 Å². The molecule has 0 unspecified atom stereocenters. The lowest BCUT2D eigenvalue weighted by Crippen LogP contribution is -2.28. The number of thioether (sulfide) groups is 1. The van der Waals surface area contributed by atoms with Crippen molar-refractivity contribution in [1.82, 2.24) is 19.7 Å². The van der Waals surface area contributed by atoms with Crippen LogP contribution in [-0.4, -0.2) is 45.5 Å². The number of hydrogen-bond acceptors (Lipinski definition) is 5. The Hall–Kier alpha value is -2.80. The van der Waals surface area contributed by atoms with Crippen molar-refractivity contribution >= 4 is 17.7 Å². The van der Waals surface area contributed by atoms with Crippen molar-refractivity contribution in [3.05, 3.63) is 71.5 Å². The van der Waals surface area contributed by atoms with Crippen molar-refractivity contribution < 1.29 is 9.53 Å². The number of nitrogens with zero attached hydrogens (tertiary/aromatic N) is 4. The molecule has 0 spiro atoms. The zero-order valence-corrected chi connectivity index (χ0v) is 18.1. The highest BCUT2D eigenvalue weighted by molar-refractivity contribution is 7.99. The smallest absolute Gasteiger partial charge is 0.233 e. The molecular formula is C23H26N4O2S. The van der Waals surface area contributed by atoms with Crippen LogP contribution >= 0.6 is 11.8 Å². The van der Waals surface area contributed by atoms with Crippen LogP contribution in [-0.2, 0) is 17.9 Å². The summed E-state index contributed by atoms with van der Waals surface area (Å²) in [5, 5.41) is 9.65. The molecule has 1 fully saturated rings. The Labute approximate surface area is 181 Å². The van der Waals surface area contributed by atoms with Crippen molar-refractivity contribution in [3.63, 3.8) is 0 Å². The molecule has 7 heteroatoms. The quantitative estimate of drug-likeness (QED) is 0.489. The normalized spacial score (nSPS) is 13.3. The molecule has 6 nitrogen and oxygen atoms in total. The molecule has 0 N–H and O–H groups in total. The average Bonchev–Trinajstić information content (AvgIpc) is 3.54. The second-order valence-corrected chi connectivity index (χ2v) is 8.52. The van der Waals surface area contributed by atoms with E-state index in [4.69, 9.17) is 4.74 Å². The maximum absolute atomic E-state index is 12.7. The van der Waals surface area contributed by atoms with E-state index in [1.54, 1.807) is 12.0 Å². The van der Waals surface area contributed by atoms with Gasteiger partial charge in [-0.15, -0.1) is 10.2 Å². The van der Waals surface area contributed by atoms with Gasteiger partial charge in [0.15, 0.2) is 5.16 Å². The van der Waals surface area contributed by atoms with Gasteiger partial charge in [0.25, 0.3) is 0 Å². The lowest BCUT2D eigenvalue weighted by atomic mass is 10.2. The third-order valence-corrected chi connectivity index (χ3v) is 6.13. The number of hydrogen-bond donors (Lipinski definition) is 0. The molecule has 0 atom stereocenters. The molecule has 1 saturated carbocycles. The van der Waals surface area contributed by atoms with Crippen LogP contribution in [0.3, 0.4) is 0 Å². The zero-order chi connectivity index (χ0) is 20.9. The van der Waals surface area contributed by atoms with E-state index in [9.17, 15) is 4.79 Å². The SMILES string of the molecule is COc1cccc(CN(C)C(=O)CSc2nnc(C3CC3)n2Cc2ccccc2)c1. The van der Waals surface area contributed by atoms with Crippen LogP contribution < -0.4 is 4.74 Å². The summed E-state index contributed by atoms with van der Waals surface area (Å²) in [5.41, 5.74) is 2.25. The third-order valence-electron chi connectivity index (χ3n) is 5.18. The van der Waals surface area contributed by atoms with Crippen molar-refractivity contribution in [2.75, 3.05) is 19.9 Å². The average molecular weight is 423 g/mol. The van der Waals surface area contributed by atoms with Gasteiger partial charge >= 0.3 is 0 Å². The minimum Gasteiger partial charge on any atom is -0.497 e. The first-order valence-electron chi connectivity index (χ1n) is 10.1. The first kappa shape index (κ1) is 20.5. The van der Waals surface area contributed by atoms with Crippen molar-refractivity contribution in [2.45, 2.75) is 37.0 Å². The summed E-state index contributed by atoms with van der Waals surface area (Å²) in [6.45, 7) is 1.27. The van der Waals surface area contributed by atoms with Crippen LogP contribution in [0.25, 0.3) is 0 Å². The molecule has 2 aromatic carbocycles. The van der Waals surface area contributed by atoms with Gasteiger partial charge in [-0.3, -0.25) is 4.79 Å². The van der Waals surface area contributed by atoms with Crippen LogP contribution in [0.15, 0.2) is 59.8 Å². The topological polar surface area (TPSA) is 60.2 Å². The van der Waals surface area contributed by atoms with Gasteiger partial charge in [0, 0.05) is 19.5 Å². The molecule has 0 radical (unpaired) electrons. The molecule has 3 aromatic rings. The summed E-state index contributed by atoms with van der Waals surface area (Å²) >= 11 is 1.46. The number of benzene rings is 2. The summed E-state index contributed by atoms with van der Waals surface area (Å²) in [6, 6.07) is 18.1. The number of methoxy groups -OCH3 is 1. The first-order chi connectivity index (χ1) is 14.6. The lowest BCUT2D eigenvalue weighted by Gasteiger charge is -2.17. The van der Waals surface area contributed by atoms with E-state index in [-0.39, 0.29) is 5.91 Å². The molecule has 0 bridgehead atoms. The third kappa shape index (κ3) is 5.02. The fourth-order valence-electron chi connectivity index (χ4n) is 3.33. The summed E-state index contributed by atoms with van der Waals surface area (Å²) in [7, 11) is 3.47. The fraction of sp³-hybridized carbons (Fsp3) is 0.348. The van der Waals surface area contributed by atoms with Gasteiger partial charge in [-0.05, 0) is 36.1 Å². The van der Waals surface area contributed by atoms with Crippen molar-refractivity contribution in [2.24, 2.45) is 0 Å². The van der Waals surface area contributed by atoms with E-state index in [1.807, 2.05) is 49.5 Å². The number of ether oxygens (including phenoxy) is 1. The summed E-state index contributed by atoms with van der Waals surface area (Å²) in [4.78, 5) is 14.5. The summed E-state index contributed by atoms with van der Waals surface area (Å²) in [6.07, 6.45) is 2.33. The van der Waals surface area contributed by atoms with Crippen LogP contribution in [0, 0.1) is 0 Å². The van der Waals surface area contributed by atoms with Gasteiger partial charge in [-0.25, -0.2) is 0 Å². The minimum atomic E-state index is 0.0602. The molecule has 1 aliphatic rings. The summed E-state index contributed by atoms with van der Waals surface area (Å²) in [5.74, 6) is 2.73. The van der Waals surface area contributed by atoms with Crippen molar-refractivity contribution in [3.8, 4) is 5.75 Å². The van der Waals surface area contributed by atoms with E-state index in [2.05, 4.69) is 26.9 Å². The van der Waals surface area contributed by atoms with Crippen LogP contribution in [0.1, 0.15) is 35.7 Å². The van der Waals surface area contributed by atoms with Gasteiger partial charge in [-0.2, -0.15) is 0 Å². The Kier molecular flexibility index (Phi) is 6.38. The van der Waals surface area contributed by atoms with E-state index >= 15 is 0 Å². The molecular weight excluding hydrogens is 396 g/mol. The minimum absolute atomic E-state index is 0.0602. The Morgan fingerprint density at radius 3 is 2.63 bits per heavy atom. The molecule has 1 heterocycles. The number of aromatic nitrogens is 3. The zero-order valence-electron chi connectivity index (χ0n) is 17.3. The van der Waals surface area contributed by atoms with Gasteiger partial charge in [-0.1, -0.05) is 54.2 Å². The van der Waals surface area contributed by atoms with E-state index in [1.165, 1.54) is 30.2 Å². The molecule has 4 rings (SSSR count). The largest absolute Gasteiger partial charge is 0.497 e. The fourth-order valence-corrected chi connectivity index (χ4v) is 4.22. The highest BCUT2D eigenvalue weighted by Crippen LogP contribution is 2.40. The Balaban J connectivity index is 1.40. The van der Waals surface area contributed by atoms with Crippen LogP contribution in [0.4, 0.5) is 0 Å². The molecule has 1 aliphatic carbocycles.